The first-order valence-corrected chi connectivity index (χ1v) is 6.55. The van der Waals surface area contributed by atoms with E-state index < -0.39 is 0 Å². The minimum absolute atomic E-state index is 0.157. The van der Waals surface area contributed by atoms with E-state index in [1.807, 2.05) is 19.3 Å². The fourth-order valence-electron chi connectivity index (χ4n) is 2.71. The summed E-state index contributed by atoms with van der Waals surface area (Å²) in [6.45, 7) is 5.18. The molecule has 1 aliphatic carbocycles. The van der Waals surface area contributed by atoms with Crippen molar-refractivity contribution in [3.05, 3.63) is 18.2 Å². The van der Waals surface area contributed by atoms with Crippen molar-refractivity contribution in [2.75, 3.05) is 19.7 Å². The molecule has 0 unspecified atom stereocenters. The quantitative estimate of drug-likeness (QED) is 0.734. The molecule has 1 saturated carbocycles. The minimum Gasteiger partial charge on any atom is -0.396 e. The number of rotatable bonds is 6. The van der Waals surface area contributed by atoms with E-state index in [-0.39, 0.29) is 5.41 Å². The summed E-state index contributed by atoms with van der Waals surface area (Å²) in [5.41, 5.74) is 0.157. The molecule has 0 radical (unpaired) electrons. The number of nitrogens with one attached hydrogen (secondary N) is 1. The number of aromatic nitrogens is 2. The Bertz CT molecular complexity index is 342. The van der Waals surface area contributed by atoms with Crippen LogP contribution in [0.3, 0.4) is 0 Å². The maximum atomic E-state index is 9.49. The van der Waals surface area contributed by atoms with Crippen molar-refractivity contribution in [3.8, 4) is 0 Å². The lowest BCUT2D eigenvalue weighted by Crippen LogP contribution is -2.36. The third-order valence-corrected chi connectivity index (χ3v) is 3.95. The molecule has 0 aromatic carbocycles. The van der Waals surface area contributed by atoms with Crippen LogP contribution < -0.4 is 5.32 Å². The highest BCUT2D eigenvalue weighted by Crippen LogP contribution is 2.36. The maximum Gasteiger partial charge on any atom is 0.105 e. The molecule has 1 aliphatic rings. The molecule has 2 N–H and O–H groups in total. The third-order valence-electron chi connectivity index (χ3n) is 3.95. The van der Waals surface area contributed by atoms with Gasteiger partial charge in [-0.15, -0.1) is 0 Å². The van der Waals surface area contributed by atoms with Crippen molar-refractivity contribution < 1.29 is 5.11 Å². The highest BCUT2D eigenvalue weighted by Gasteiger charge is 2.32. The van der Waals surface area contributed by atoms with Gasteiger partial charge in [-0.3, -0.25) is 0 Å². The van der Waals surface area contributed by atoms with Crippen molar-refractivity contribution in [1.29, 1.82) is 0 Å². The Kier molecular flexibility index (Phi) is 4.18. The average Bonchev–Trinajstić information content (AvgIpc) is 2.95. The summed E-state index contributed by atoms with van der Waals surface area (Å²) in [7, 11) is 0. The van der Waals surface area contributed by atoms with Gasteiger partial charge in [0.1, 0.15) is 5.82 Å². The van der Waals surface area contributed by atoms with Gasteiger partial charge in [-0.25, -0.2) is 4.98 Å². The van der Waals surface area contributed by atoms with Crippen molar-refractivity contribution >= 4 is 0 Å². The summed E-state index contributed by atoms with van der Waals surface area (Å²) in [6, 6.07) is 0. The second kappa shape index (κ2) is 5.65. The first-order valence-electron chi connectivity index (χ1n) is 6.55. The van der Waals surface area contributed by atoms with Crippen LogP contribution in [0.2, 0.25) is 0 Å². The molecule has 17 heavy (non-hydrogen) atoms. The van der Waals surface area contributed by atoms with E-state index in [0.717, 1.165) is 25.5 Å². The monoisotopic (exact) mass is 237 g/mol. The maximum absolute atomic E-state index is 9.49. The molecular formula is C13H23N3O. The highest BCUT2D eigenvalue weighted by atomic mass is 16.3. The summed E-state index contributed by atoms with van der Waals surface area (Å²) in [5.74, 6) is 1.06. The highest BCUT2D eigenvalue weighted by molar-refractivity contribution is 4.89. The van der Waals surface area contributed by atoms with Gasteiger partial charge in [0.25, 0.3) is 0 Å². The molecule has 4 nitrogen and oxygen atoms in total. The van der Waals surface area contributed by atoms with E-state index in [4.69, 9.17) is 0 Å². The first-order chi connectivity index (χ1) is 8.26. The smallest absolute Gasteiger partial charge is 0.105 e. The molecule has 0 spiro atoms. The Morgan fingerprint density at radius 3 is 2.82 bits per heavy atom. The number of nitrogens with zero attached hydrogens (tertiary/aromatic N) is 2. The van der Waals surface area contributed by atoms with Crippen molar-refractivity contribution in [3.63, 3.8) is 0 Å². The summed E-state index contributed by atoms with van der Waals surface area (Å²) in [5, 5.41) is 13.0. The topological polar surface area (TPSA) is 50.1 Å². The van der Waals surface area contributed by atoms with E-state index in [0.29, 0.717) is 6.61 Å². The van der Waals surface area contributed by atoms with Crippen LogP contribution in [0.25, 0.3) is 0 Å². The second-order valence-electron chi connectivity index (χ2n) is 5.21. The van der Waals surface area contributed by atoms with Gasteiger partial charge >= 0.3 is 0 Å². The first kappa shape index (κ1) is 12.6. The molecule has 0 amide bonds. The van der Waals surface area contributed by atoms with Crippen LogP contribution in [0, 0.1) is 12.3 Å². The molecule has 1 aromatic heterocycles. The minimum atomic E-state index is 0.157. The van der Waals surface area contributed by atoms with E-state index in [9.17, 15) is 5.11 Å². The van der Waals surface area contributed by atoms with Gasteiger partial charge in [-0.05, 0) is 19.8 Å². The van der Waals surface area contributed by atoms with Crippen molar-refractivity contribution in [1.82, 2.24) is 14.9 Å². The number of aliphatic hydroxyl groups excluding tert-OH is 1. The van der Waals surface area contributed by atoms with Gasteiger partial charge in [0.05, 0.1) is 0 Å². The molecule has 0 atom stereocenters. The average molecular weight is 237 g/mol. The van der Waals surface area contributed by atoms with Crippen molar-refractivity contribution in [2.45, 2.75) is 39.2 Å². The molecule has 0 aliphatic heterocycles. The molecule has 2 rings (SSSR count). The normalized spacial score (nSPS) is 18.7. The van der Waals surface area contributed by atoms with Gasteiger partial charge in [0, 0.05) is 44.0 Å². The van der Waals surface area contributed by atoms with E-state index in [1.54, 1.807) is 0 Å². The Morgan fingerprint density at radius 1 is 1.47 bits per heavy atom. The molecule has 96 valence electrons. The largest absolute Gasteiger partial charge is 0.396 e. The second-order valence-corrected chi connectivity index (χ2v) is 5.21. The number of aryl methyl sites for hydroxylation is 1. The van der Waals surface area contributed by atoms with Gasteiger partial charge in [-0.1, -0.05) is 12.8 Å². The summed E-state index contributed by atoms with van der Waals surface area (Å²) in [4.78, 5) is 4.20. The molecular weight excluding hydrogens is 214 g/mol. The van der Waals surface area contributed by atoms with E-state index in [2.05, 4.69) is 14.9 Å². The lowest BCUT2D eigenvalue weighted by molar-refractivity contribution is 0.128. The van der Waals surface area contributed by atoms with Crippen LogP contribution in [0.5, 0.6) is 0 Å². The molecule has 1 fully saturated rings. The van der Waals surface area contributed by atoms with Gasteiger partial charge in [0.15, 0.2) is 0 Å². The predicted octanol–water partition coefficient (Wildman–Crippen LogP) is 1.33. The fraction of sp³-hybridized carbons (Fsp3) is 0.769. The number of imidazole rings is 1. The standard InChI is InChI=1S/C13H23N3O/c1-12-15-7-9-16(12)8-6-14-10-13(11-17)4-2-3-5-13/h7,9,14,17H,2-6,8,10-11H2,1H3. The number of hydrogen-bond acceptors (Lipinski definition) is 3. The lowest BCUT2D eigenvalue weighted by atomic mass is 9.87. The molecule has 0 saturated heterocycles. The SMILES string of the molecule is Cc1nccn1CCNCC1(CO)CCCC1. The third kappa shape index (κ3) is 3.07. The Hall–Kier alpha value is -0.870. The Labute approximate surface area is 103 Å². The fourth-order valence-corrected chi connectivity index (χ4v) is 2.71. The number of hydrogen-bond donors (Lipinski definition) is 2. The molecule has 4 heteroatoms. The predicted molar refractivity (Wildman–Crippen MR) is 67.8 cm³/mol. The van der Waals surface area contributed by atoms with E-state index in [1.165, 1.54) is 25.7 Å². The van der Waals surface area contributed by atoms with Gasteiger partial charge in [0.2, 0.25) is 0 Å². The Morgan fingerprint density at radius 2 is 2.24 bits per heavy atom. The summed E-state index contributed by atoms with van der Waals surface area (Å²) < 4.78 is 2.15. The van der Waals surface area contributed by atoms with Crippen LogP contribution >= 0.6 is 0 Å². The zero-order valence-electron chi connectivity index (χ0n) is 10.7. The molecule has 1 heterocycles. The van der Waals surface area contributed by atoms with Gasteiger partial charge < -0.3 is 15.0 Å². The lowest BCUT2D eigenvalue weighted by Gasteiger charge is -2.26. The van der Waals surface area contributed by atoms with Gasteiger partial charge in [-0.2, -0.15) is 0 Å². The van der Waals surface area contributed by atoms with Crippen LogP contribution in [-0.4, -0.2) is 34.4 Å². The number of aliphatic hydroxyl groups is 1. The van der Waals surface area contributed by atoms with Crippen LogP contribution in [-0.2, 0) is 6.54 Å². The molecule has 0 bridgehead atoms. The van der Waals surface area contributed by atoms with Crippen molar-refractivity contribution in [2.24, 2.45) is 5.41 Å². The summed E-state index contributed by atoms with van der Waals surface area (Å²) in [6.07, 6.45) is 8.71. The van der Waals surface area contributed by atoms with Crippen LogP contribution in [0.1, 0.15) is 31.5 Å². The van der Waals surface area contributed by atoms with Crippen LogP contribution in [0.4, 0.5) is 0 Å². The Balaban J connectivity index is 1.71. The summed E-state index contributed by atoms with van der Waals surface area (Å²) >= 11 is 0. The zero-order valence-corrected chi connectivity index (χ0v) is 10.7. The molecule has 1 aromatic rings. The van der Waals surface area contributed by atoms with E-state index >= 15 is 0 Å². The van der Waals surface area contributed by atoms with Crippen LogP contribution in [0.15, 0.2) is 12.4 Å². The zero-order chi connectivity index (χ0) is 12.1.